The molecule has 0 bridgehead atoms. The molecule has 0 saturated carbocycles. The van der Waals surface area contributed by atoms with E-state index in [2.05, 4.69) is 5.32 Å². The van der Waals surface area contributed by atoms with Crippen molar-refractivity contribution >= 4 is 39.2 Å². The van der Waals surface area contributed by atoms with Gasteiger partial charge in [-0.1, -0.05) is 48.5 Å². The van der Waals surface area contributed by atoms with Gasteiger partial charge in [-0.25, -0.2) is 4.79 Å². The topological polar surface area (TPSA) is 79.5 Å². The lowest BCUT2D eigenvalue weighted by atomic mass is 10.0. The van der Waals surface area contributed by atoms with E-state index in [4.69, 9.17) is 4.42 Å². The lowest BCUT2D eigenvalue weighted by Crippen LogP contribution is -2.12. The van der Waals surface area contributed by atoms with Crippen LogP contribution in [0.25, 0.3) is 22.1 Å². The molecule has 2 aromatic carbocycles. The van der Waals surface area contributed by atoms with Crippen LogP contribution in [0.4, 0.5) is 5.00 Å². The number of nitrogens with one attached hydrogen (secondary N) is 1. The summed E-state index contributed by atoms with van der Waals surface area (Å²) >= 11 is 1.17. The summed E-state index contributed by atoms with van der Waals surface area (Å²) in [5.41, 5.74) is 2.03. The number of benzene rings is 2. The van der Waals surface area contributed by atoms with Gasteiger partial charge in [-0.15, -0.1) is 11.3 Å². The van der Waals surface area contributed by atoms with Gasteiger partial charge in [0.15, 0.2) is 5.76 Å². The summed E-state index contributed by atoms with van der Waals surface area (Å²) in [4.78, 5) is 24.3. The first kappa shape index (κ1) is 16.1. The van der Waals surface area contributed by atoms with Gasteiger partial charge in [0, 0.05) is 16.3 Å². The maximum atomic E-state index is 12.5. The predicted octanol–water partition coefficient (Wildman–Crippen LogP) is 5.11. The number of carboxylic acid groups (broad SMARTS) is 1. The van der Waals surface area contributed by atoms with Crippen LogP contribution < -0.4 is 5.32 Å². The third-order valence-corrected chi connectivity index (χ3v) is 4.86. The van der Waals surface area contributed by atoms with Crippen molar-refractivity contribution in [1.82, 2.24) is 0 Å². The highest BCUT2D eigenvalue weighted by molar-refractivity contribution is 7.15. The smallest absolute Gasteiger partial charge is 0.339 e. The minimum atomic E-state index is -1.09. The lowest BCUT2D eigenvalue weighted by Gasteiger charge is -2.04. The highest BCUT2D eigenvalue weighted by Gasteiger charge is 2.22. The number of carbonyl (C=O) groups is 2. The number of carbonyl (C=O) groups excluding carboxylic acids is 1. The minimum Gasteiger partial charge on any atom is -0.478 e. The van der Waals surface area contributed by atoms with Crippen LogP contribution in [-0.4, -0.2) is 17.0 Å². The number of amides is 1. The number of furan rings is 1. The Bertz CT molecular complexity index is 1080. The summed E-state index contributed by atoms with van der Waals surface area (Å²) in [5.74, 6) is -1.44. The number of carboxylic acids is 1. The van der Waals surface area contributed by atoms with E-state index in [0.29, 0.717) is 11.1 Å². The number of hydrogen-bond donors (Lipinski definition) is 2. The standard InChI is InChI=1S/C20H13NO4S/c22-18(16-10-13-8-4-5-9-15(13)25-16)21-19-17(20(23)24)14(11-26-19)12-6-2-1-3-7-12/h1-11H,(H,21,22)(H,23,24). The average Bonchev–Trinajstić information content (AvgIpc) is 3.26. The first-order valence-corrected chi connectivity index (χ1v) is 8.71. The summed E-state index contributed by atoms with van der Waals surface area (Å²) in [6.45, 7) is 0. The molecule has 2 N–H and O–H groups in total. The van der Waals surface area contributed by atoms with Crippen molar-refractivity contribution in [1.29, 1.82) is 0 Å². The van der Waals surface area contributed by atoms with E-state index in [1.165, 1.54) is 11.3 Å². The molecule has 6 heteroatoms. The van der Waals surface area contributed by atoms with Gasteiger partial charge in [-0.2, -0.15) is 0 Å². The van der Waals surface area contributed by atoms with E-state index < -0.39 is 11.9 Å². The Morgan fingerprint density at radius 2 is 1.73 bits per heavy atom. The normalized spacial score (nSPS) is 10.8. The number of thiophene rings is 1. The molecule has 0 fully saturated rings. The maximum absolute atomic E-state index is 12.5. The molecule has 1 amide bonds. The molecule has 0 unspecified atom stereocenters. The van der Waals surface area contributed by atoms with Gasteiger partial charge < -0.3 is 14.8 Å². The van der Waals surface area contributed by atoms with Crippen LogP contribution >= 0.6 is 11.3 Å². The van der Waals surface area contributed by atoms with Crippen molar-refractivity contribution in [3.8, 4) is 11.1 Å². The Morgan fingerprint density at radius 1 is 1.00 bits per heavy atom. The Kier molecular flexibility index (Phi) is 4.02. The van der Waals surface area contributed by atoms with Crippen LogP contribution in [0.5, 0.6) is 0 Å². The van der Waals surface area contributed by atoms with E-state index in [9.17, 15) is 14.7 Å². The zero-order chi connectivity index (χ0) is 18.1. The molecule has 128 valence electrons. The molecule has 0 radical (unpaired) electrons. The Balaban J connectivity index is 1.68. The van der Waals surface area contributed by atoms with Gasteiger partial charge in [0.1, 0.15) is 16.1 Å². The SMILES string of the molecule is O=C(Nc1scc(-c2ccccc2)c1C(=O)O)c1cc2ccccc2o1. The second-order valence-corrected chi connectivity index (χ2v) is 6.51. The van der Waals surface area contributed by atoms with Crippen molar-refractivity contribution in [3.05, 3.63) is 77.4 Å². The van der Waals surface area contributed by atoms with Gasteiger partial charge in [0.25, 0.3) is 5.91 Å². The fourth-order valence-corrected chi connectivity index (χ4v) is 3.71. The molecule has 5 nitrogen and oxygen atoms in total. The highest BCUT2D eigenvalue weighted by Crippen LogP contribution is 2.36. The molecule has 0 saturated heterocycles. The van der Waals surface area contributed by atoms with Crippen molar-refractivity contribution in [3.63, 3.8) is 0 Å². The van der Waals surface area contributed by atoms with Crippen molar-refractivity contribution in [2.75, 3.05) is 5.32 Å². The van der Waals surface area contributed by atoms with Crippen LogP contribution in [0.2, 0.25) is 0 Å². The molecule has 0 aliphatic rings. The zero-order valence-corrected chi connectivity index (χ0v) is 14.2. The van der Waals surface area contributed by atoms with E-state index >= 15 is 0 Å². The maximum Gasteiger partial charge on any atom is 0.339 e. The molecule has 26 heavy (non-hydrogen) atoms. The first-order valence-electron chi connectivity index (χ1n) is 7.83. The Hall–Kier alpha value is -3.38. The van der Waals surface area contributed by atoms with Gasteiger partial charge in [-0.05, 0) is 17.7 Å². The van der Waals surface area contributed by atoms with Gasteiger partial charge in [-0.3, -0.25) is 4.79 Å². The van der Waals surface area contributed by atoms with E-state index in [1.807, 2.05) is 48.5 Å². The van der Waals surface area contributed by atoms with Crippen LogP contribution in [0, 0.1) is 0 Å². The molecule has 0 aliphatic carbocycles. The van der Waals surface area contributed by atoms with Crippen LogP contribution in [0.3, 0.4) is 0 Å². The number of fused-ring (bicyclic) bond motifs is 1. The number of aromatic carboxylic acids is 1. The molecule has 0 spiro atoms. The number of para-hydroxylation sites is 1. The first-order chi connectivity index (χ1) is 12.6. The number of hydrogen-bond acceptors (Lipinski definition) is 4. The third kappa shape index (κ3) is 2.87. The quantitative estimate of drug-likeness (QED) is 0.528. The highest BCUT2D eigenvalue weighted by atomic mass is 32.1. The van der Waals surface area contributed by atoms with Crippen LogP contribution in [-0.2, 0) is 0 Å². The van der Waals surface area contributed by atoms with E-state index in [0.717, 1.165) is 10.9 Å². The zero-order valence-electron chi connectivity index (χ0n) is 13.4. The molecule has 4 aromatic rings. The predicted molar refractivity (Wildman–Crippen MR) is 101 cm³/mol. The average molecular weight is 363 g/mol. The molecule has 0 aliphatic heterocycles. The molecule has 2 aromatic heterocycles. The summed E-state index contributed by atoms with van der Waals surface area (Å²) in [6.07, 6.45) is 0. The van der Waals surface area contributed by atoms with Gasteiger partial charge in [0.2, 0.25) is 0 Å². The molecule has 0 atom stereocenters. The second-order valence-electron chi connectivity index (χ2n) is 5.63. The molecular formula is C20H13NO4S. The lowest BCUT2D eigenvalue weighted by molar-refractivity contribution is 0.0699. The largest absolute Gasteiger partial charge is 0.478 e. The van der Waals surface area contributed by atoms with Gasteiger partial charge >= 0.3 is 5.97 Å². The molecule has 2 heterocycles. The Morgan fingerprint density at radius 3 is 2.46 bits per heavy atom. The number of anilines is 1. The fraction of sp³-hybridized carbons (Fsp3) is 0. The second kappa shape index (κ2) is 6.50. The fourth-order valence-electron chi connectivity index (χ4n) is 2.75. The van der Waals surface area contributed by atoms with E-state index in [1.54, 1.807) is 17.5 Å². The summed E-state index contributed by atoms with van der Waals surface area (Å²) in [5, 5.41) is 15.1. The third-order valence-electron chi connectivity index (χ3n) is 3.97. The molecular weight excluding hydrogens is 350 g/mol. The van der Waals surface area contributed by atoms with Crippen molar-refractivity contribution in [2.45, 2.75) is 0 Å². The Labute approximate surface area is 152 Å². The summed E-state index contributed by atoms with van der Waals surface area (Å²) in [7, 11) is 0. The van der Waals surface area contributed by atoms with Gasteiger partial charge in [0.05, 0.1) is 0 Å². The van der Waals surface area contributed by atoms with Crippen LogP contribution in [0.1, 0.15) is 20.9 Å². The molecule has 4 rings (SSSR count). The van der Waals surface area contributed by atoms with Crippen molar-refractivity contribution in [2.24, 2.45) is 0 Å². The minimum absolute atomic E-state index is 0.0747. The monoisotopic (exact) mass is 363 g/mol. The number of rotatable bonds is 4. The summed E-state index contributed by atoms with van der Waals surface area (Å²) in [6, 6.07) is 18.1. The van der Waals surface area contributed by atoms with Crippen LogP contribution in [0.15, 0.2) is 70.5 Å². The van der Waals surface area contributed by atoms with E-state index in [-0.39, 0.29) is 16.3 Å². The summed E-state index contributed by atoms with van der Waals surface area (Å²) < 4.78 is 5.54. The van der Waals surface area contributed by atoms with Crippen molar-refractivity contribution < 1.29 is 19.1 Å².